The molecule has 2 N–H and O–H groups in total. The fraction of sp³-hybridized carbons (Fsp3) is 0.300. The van der Waals surface area contributed by atoms with E-state index < -0.39 is 6.10 Å². The van der Waals surface area contributed by atoms with E-state index in [4.69, 9.17) is 4.74 Å². The number of hydrogen-bond acceptors (Lipinski definition) is 4. The van der Waals surface area contributed by atoms with Gasteiger partial charge in [-0.1, -0.05) is 0 Å². The Morgan fingerprint density at radius 1 is 1.43 bits per heavy atom. The van der Waals surface area contributed by atoms with Crippen molar-refractivity contribution in [1.82, 2.24) is 0 Å². The Balaban J connectivity index is 2.58. The maximum absolute atomic E-state index is 11.1. The van der Waals surface area contributed by atoms with E-state index in [0.29, 0.717) is 11.1 Å². The summed E-state index contributed by atoms with van der Waals surface area (Å²) in [5.41, 5.74) is 1.22. The van der Waals surface area contributed by atoms with Crippen LogP contribution in [0.15, 0.2) is 12.1 Å². The van der Waals surface area contributed by atoms with Crippen LogP contribution in [0.5, 0.6) is 11.5 Å². The summed E-state index contributed by atoms with van der Waals surface area (Å²) in [6.07, 6.45) is -0.353. The van der Waals surface area contributed by atoms with Crippen molar-refractivity contribution >= 4 is 5.97 Å². The normalized spacial score (nSPS) is 20.1. The molecule has 0 saturated carbocycles. The van der Waals surface area contributed by atoms with Crippen LogP contribution in [0.25, 0.3) is 0 Å². The third-order valence-electron chi connectivity index (χ3n) is 2.28. The van der Waals surface area contributed by atoms with Crippen molar-refractivity contribution in [3.05, 3.63) is 23.3 Å². The summed E-state index contributed by atoms with van der Waals surface area (Å²) in [5, 5.41) is 18.8. The van der Waals surface area contributed by atoms with Crippen LogP contribution in [0.3, 0.4) is 0 Å². The van der Waals surface area contributed by atoms with Crippen molar-refractivity contribution in [2.75, 3.05) is 0 Å². The Morgan fingerprint density at radius 2 is 2.14 bits per heavy atom. The van der Waals surface area contributed by atoms with Crippen LogP contribution in [0.4, 0.5) is 0 Å². The number of phenolic OH excluding ortho intramolecular Hbond substituents is 2. The molecule has 4 heteroatoms. The first-order chi connectivity index (χ1) is 6.58. The number of hydrogen-bond donors (Lipinski definition) is 2. The molecule has 0 aliphatic carbocycles. The zero-order valence-electron chi connectivity index (χ0n) is 7.65. The molecule has 1 aliphatic rings. The zero-order chi connectivity index (χ0) is 10.3. The highest BCUT2D eigenvalue weighted by Crippen LogP contribution is 2.36. The number of aromatic hydroxyl groups is 2. The smallest absolute Gasteiger partial charge is 0.310 e. The minimum absolute atomic E-state index is 0.0278. The van der Waals surface area contributed by atoms with E-state index in [-0.39, 0.29) is 23.9 Å². The molecule has 1 aromatic carbocycles. The first-order valence-corrected chi connectivity index (χ1v) is 4.32. The van der Waals surface area contributed by atoms with E-state index in [2.05, 4.69) is 0 Å². The molecule has 0 bridgehead atoms. The minimum atomic E-state index is -0.452. The Kier molecular flexibility index (Phi) is 1.84. The number of cyclic esters (lactones) is 1. The molecule has 0 fully saturated rings. The molecule has 0 radical (unpaired) electrons. The molecule has 1 unspecified atom stereocenters. The van der Waals surface area contributed by atoms with Gasteiger partial charge in [0.1, 0.15) is 17.6 Å². The lowest BCUT2D eigenvalue weighted by molar-refractivity contribution is -0.149. The molecular weight excluding hydrogens is 184 g/mol. The van der Waals surface area contributed by atoms with Gasteiger partial charge in [-0.05, 0) is 18.6 Å². The maximum Gasteiger partial charge on any atom is 0.310 e. The lowest BCUT2D eigenvalue weighted by Gasteiger charge is -2.23. The summed E-state index contributed by atoms with van der Waals surface area (Å²) in [6.45, 7) is 1.69. The van der Waals surface area contributed by atoms with Gasteiger partial charge in [-0.3, -0.25) is 4.79 Å². The van der Waals surface area contributed by atoms with Crippen LogP contribution in [-0.4, -0.2) is 16.2 Å². The summed E-state index contributed by atoms with van der Waals surface area (Å²) < 4.78 is 4.95. The van der Waals surface area contributed by atoms with E-state index in [1.807, 2.05) is 0 Å². The van der Waals surface area contributed by atoms with Gasteiger partial charge in [-0.2, -0.15) is 0 Å². The van der Waals surface area contributed by atoms with Crippen molar-refractivity contribution in [3.8, 4) is 11.5 Å². The van der Waals surface area contributed by atoms with Crippen LogP contribution in [0.2, 0.25) is 0 Å². The van der Waals surface area contributed by atoms with Crippen LogP contribution in [-0.2, 0) is 16.0 Å². The van der Waals surface area contributed by atoms with Gasteiger partial charge in [0.2, 0.25) is 0 Å². The van der Waals surface area contributed by atoms with Gasteiger partial charge >= 0.3 is 5.97 Å². The van der Waals surface area contributed by atoms with Gasteiger partial charge in [-0.25, -0.2) is 0 Å². The highest BCUT2D eigenvalue weighted by atomic mass is 16.5. The number of esters is 1. The zero-order valence-corrected chi connectivity index (χ0v) is 7.65. The molecule has 74 valence electrons. The van der Waals surface area contributed by atoms with E-state index >= 15 is 0 Å². The van der Waals surface area contributed by atoms with Crippen LogP contribution in [0, 0.1) is 0 Å². The number of rotatable bonds is 0. The van der Waals surface area contributed by atoms with Crippen molar-refractivity contribution in [2.45, 2.75) is 19.4 Å². The Bertz CT molecular complexity index is 397. The third kappa shape index (κ3) is 1.28. The molecule has 1 aliphatic heterocycles. The molecule has 2 rings (SSSR count). The van der Waals surface area contributed by atoms with Crippen LogP contribution >= 0.6 is 0 Å². The lowest BCUT2D eigenvalue weighted by Crippen LogP contribution is -2.19. The second-order valence-corrected chi connectivity index (χ2v) is 3.35. The highest BCUT2D eigenvalue weighted by molar-refractivity contribution is 5.76. The van der Waals surface area contributed by atoms with Gasteiger partial charge in [-0.15, -0.1) is 0 Å². The molecule has 1 heterocycles. The van der Waals surface area contributed by atoms with Crippen molar-refractivity contribution in [2.24, 2.45) is 0 Å². The fourth-order valence-electron chi connectivity index (χ4n) is 1.75. The molecule has 4 nitrogen and oxygen atoms in total. The monoisotopic (exact) mass is 194 g/mol. The molecular formula is C10H10O4. The van der Waals surface area contributed by atoms with Crippen LogP contribution < -0.4 is 0 Å². The molecule has 1 atom stereocenters. The predicted octanol–water partition coefficient (Wildman–Crippen LogP) is 1.26. The molecule has 0 saturated heterocycles. The van der Waals surface area contributed by atoms with Gasteiger partial charge in [0.15, 0.2) is 0 Å². The second kappa shape index (κ2) is 2.90. The van der Waals surface area contributed by atoms with E-state index in [1.165, 1.54) is 12.1 Å². The molecule has 0 amide bonds. The number of fused-ring (bicyclic) bond motifs is 1. The fourth-order valence-corrected chi connectivity index (χ4v) is 1.75. The Labute approximate surface area is 80.7 Å². The van der Waals surface area contributed by atoms with Gasteiger partial charge < -0.3 is 14.9 Å². The molecule has 0 aromatic heterocycles. The van der Waals surface area contributed by atoms with E-state index in [1.54, 1.807) is 6.92 Å². The standard InChI is InChI=1S/C10H10O4/c1-5-10-6(3-9(13)14-5)2-7(11)4-8(10)12/h2,4-5,11-12H,3H2,1H3. The first-order valence-electron chi connectivity index (χ1n) is 4.32. The third-order valence-corrected chi connectivity index (χ3v) is 2.28. The minimum Gasteiger partial charge on any atom is -0.508 e. The SMILES string of the molecule is CC1OC(=O)Cc2cc(O)cc(O)c21. The van der Waals surface area contributed by atoms with Crippen LogP contribution in [0.1, 0.15) is 24.2 Å². The summed E-state index contributed by atoms with van der Waals surface area (Å²) in [6, 6.07) is 2.72. The number of phenols is 2. The first kappa shape index (κ1) is 8.87. The quantitative estimate of drug-likeness (QED) is 0.610. The topological polar surface area (TPSA) is 66.8 Å². The predicted molar refractivity (Wildman–Crippen MR) is 48.0 cm³/mol. The van der Waals surface area contributed by atoms with Gasteiger partial charge in [0.25, 0.3) is 0 Å². The summed E-state index contributed by atoms with van der Waals surface area (Å²) in [7, 11) is 0. The second-order valence-electron chi connectivity index (χ2n) is 3.35. The average Bonchev–Trinajstić information content (AvgIpc) is 1.99. The largest absolute Gasteiger partial charge is 0.508 e. The Hall–Kier alpha value is -1.71. The number of carbonyl (C=O) groups excluding carboxylic acids is 1. The van der Waals surface area contributed by atoms with E-state index in [9.17, 15) is 15.0 Å². The summed E-state index contributed by atoms with van der Waals surface area (Å²) >= 11 is 0. The average molecular weight is 194 g/mol. The molecule has 1 aromatic rings. The summed E-state index contributed by atoms with van der Waals surface area (Å²) in [5.74, 6) is -0.404. The maximum atomic E-state index is 11.1. The van der Waals surface area contributed by atoms with Gasteiger partial charge in [0, 0.05) is 11.6 Å². The number of benzene rings is 1. The molecule has 14 heavy (non-hydrogen) atoms. The van der Waals surface area contributed by atoms with Crippen molar-refractivity contribution < 1.29 is 19.7 Å². The van der Waals surface area contributed by atoms with Gasteiger partial charge in [0.05, 0.1) is 6.42 Å². The lowest BCUT2D eigenvalue weighted by atomic mass is 9.97. The molecule has 0 spiro atoms. The number of ether oxygens (including phenoxy) is 1. The number of carbonyl (C=O) groups is 1. The summed E-state index contributed by atoms with van der Waals surface area (Å²) in [4.78, 5) is 11.1. The van der Waals surface area contributed by atoms with E-state index in [0.717, 1.165) is 0 Å². The highest BCUT2D eigenvalue weighted by Gasteiger charge is 2.26. The Morgan fingerprint density at radius 3 is 2.86 bits per heavy atom. The van der Waals surface area contributed by atoms with Crippen molar-refractivity contribution in [1.29, 1.82) is 0 Å². The van der Waals surface area contributed by atoms with Crippen molar-refractivity contribution in [3.63, 3.8) is 0 Å².